The monoisotopic (exact) mass is 514 g/mol. The van der Waals surface area contributed by atoms with E-state index in [1.807, 2.05) is 38.1 Å². The van der Waals surface area contributed by atoms with Crippen molar-refractivity contribution in [3.8, 4) is 11.5 Å². The van der Waals surface area contributed by atoms with Gasteiger partial charge >= 0.3 is 0 Å². The second kappa shape index (κ2) is 13.8. The number of ether oxygens (including phenoxy) is 2. The number of rotatable bonds is 11. The van der Waals surface area contributed by atoms with Gasteiger partial charge in [-0.15, -0.1) is 24.0 Å². The molecular weight excluding hydrogens is 483 g/mol. The maximum atomic E-state index is 11.0. The molecule has 0 aliphatic carbocycles. The minimum atomic E-state index is -3.14. The first-order chi connectivity index (χ1) is 12.3. The highest BCUT2D eigenvalue weighted by Gasteiger charge is 2.06. The first-order valence-electron chi connectivity index (χ1n) is 8.61. The van der Waals surface area contributed by atoms with Gasteiger partial charge in [0.15, 0.2) is 5.96 Å². The lowest BCUT2D eigenvalue weighted by Gasteiger charge is -2.15. The second-order valence-corrected chi connectivity index (χ2v) is 7.61. The number of hydrogen-bond acceptors (Lipinski definition) is 5. The fourth-order valence-electron chi connectivity index (χ4n) is 2.06. The molecule has 0 radical (unpaired) electrons. The topological polar surface area (TPSA) is 101 Å². The molecule has 0 aliphatic rings. The largest absolute Gasteiger partial charge is 0.497 e. The van der Waals surface area contributed by atoms with Crippen molar-refractivity contribution < 1.29 is 17.9 Å². The van der Waals surface area contributed by atoms with Gasteiger partial charge in [-0.3, -0.25) is 0 Å². The predicted octanol–water partition coefficient (Wildman–Crippen LogP) is 1.57. The highest BCUT2D eigenvalue weighted by molar-refractivity contribution is 14.0. The standard InChI is InChI=1S/C17H30N4O4S.HI/c1-5-18-17(19-10-7-11-21-26(4,22)23)20-13-14(2)25-16-9-6-8-15(12-16)24-3;/h6,8-9,12,14,21H,5,7,10-11,13H2,1-4H3,(H2,18,19,20);1H. The molecule has 1 atom stereocenters. The number of nitrogens with one attached hydrogen (secondary N) is 3. The third-order valence-electron chi connectivity index (χ3n) is 3.24. The van der Waals surface area contributed by atoms with E-state index in [0.29, 0.717) is 32.0 Å². The normalized spacial score (nSPS) is 12.7. The summed E-state index contributed by atoms with van der Waals surface area (Å²) in [5.41, 5.74) is 0. The van der Waals surface area contributed by atoms with Crippen LogP contribution in [-0.4, -0.2) is 60.0 Å². The molecule has 27 heavy (non-hydrogen) atoms. The summed E-state index contributed by atoms with van der Waals surface area (Å²) in [5, 5.41) is 6.32. The minimum absolute atomic E-state index is 0. The van der Waals surface area contributed by atoms with E-state index >= 15 is 0 Å². The molecule has 0 saturated heterocycles. The molecule has 3 N–H and O–H groups in total. The molecule has 1 rings (SSSR count). The summed E-state index contributed by atoms with van der Waals surface area (Å²) in [4.78, 5) is 4.50. The number of benzene rings is 1. The highest BCUT2D eigenvalue weighted by atomic mass is 127. The molecule has 1 aromatic rings. The summed E-state index contributed by atoms with van der Waals surface area (Å²) in [6, 6.07) is 7.45. The van der Waals surface area contributed by atoms with Crippen LogP contribution in [0.4, 0.5) is 0 Å². The Kier molecular flexibility index (Phi) is 13.2. The third kappa shape index (κ3) is 12.7. The van der Waals surface area contributed by atoms with Crippen molar-refractivity contribution in [2.75, 3.05) is 39.5 Å². The van der Waals surface area contributed by atoms with Crippen molar-refractivity contribution in [1.82, 2.24) is 15.4 Å². The van der Waals surface area contributed by atoms with E-state index in [-0.39, 0.29) is 30.1 Å². The Hall–Kier alpha value is -1.27. The van der Waals surface area contributed by atoms with Gasteiger partial charge in [-0.1, -0.05) is 6.07 Å². The van der Waals surface area contributed by atoms with Crippen molar-refractivity contribution in [2.45, 2.75) is 26.4 Å². The minimum Gasteiger partial charge on any atom is -0.497 e. The van der Waals surface area contributed by atoms with E-state index in [0.717, 1.165) is 24.3 Å². The third-order valence-corrected chi connectivity index (χ3v) is 3.97. The van der Waals surface area contributed by atoms with E-state index in [1.165, 1.54) is 0 Å². The molecule has 0 amide bonds. The molecule has 10 heteroatoms. The molecule has 8 nitrogen and oxygen atoms in total. The zero-order valence-electron chi connectivity index (χ0n) is 16.3. The van der Waals surface area contributed by atoms with Gasteiger partial charge in [-0.05, 0) is 32.4 Å². The predicted molar refractivity (Wildman–Crippen MR) is 120 cm³/mol. The Bertz CT molecular complexity index is 671. The zero-order chi connectivity index (χ0) is 19.4. The van der Waals surface area contributed by atoms with Crippen LogP contribution >= 0.6 is 24.0 Å². The first kappa shape index (κ1) is 25.7. The fourth-order valence-corrected chi connectivity index (χ4v) is 2.57. The van der Waals surface area contributed by atoms with Crippen LogP contribution in [-0.2, 0) is 10.0 Å². The average Bonchev–Trinajstić information content (AvgIpc) is 2.58. The maximum Gasteiger partial charge on any atom is 0.208 e. The molecule has 0 aliphatic heterocycles. The van der Waals surface area contributed by atoms with Gasteiger partial charge in [0.25, 0.3) is 0 Å². The smallest absolute Gasteiger partial charge is 0.208 e. The number of hydrogen-bond donors (Lipinski definition) is 3. The Labute approximate surface area is 179 Å². The Balaban J connectivity index is 0.00000676. The maximum absolute atomic E-state index is 11.0. The molecule has 1 unspecified atom stereocenters. The van der Waals surface area contributed by atoms with Gasteiger partial charge in [0.1, 0.15) is 17.6 Å². The van der Waals surface area contributed by atoms with Crippen LogP contribution in [0.5, 0.6) is 11.5 Å². The summed E-state index contributed by atoms with van der Waals surface area (Å²) in [6.45, 7) is 6.15. The highest BCUT2D eigenvalue weighted by Crippen LogP contribution is 2.19. The molecule has 0 aromatic heterocycles. The lowest BCUT2D eigenvalue weighted by Crippen LogP contribution is -2.39. The van der Waals surface area contributed by atoms with Crippen LogP contribution in [0.2, 0.25) is 0 Å². The SMILES string of the molecule is CCNC(=NCC(C)Oc1cccc(OC)c1)NCCCNS(C)(=O)=O.I. The van der Waals surface area contributed by atoms with Gasteiger partial charge in [-0.25, -0.2) is 18.1 Å². The molecule has 0 bridgehead atoms. The molecule has 0 heterocycles. The summed E-state index contributed by atoms with van der Waals surface area (Å²) >= 11 is 0. The van der Waals surface area contributed by atoms with E-state index < -0.39 is 10.0 Å². The number of guanidine groups is 1. The number of nitrogens with zero attached hydrogens (tertiary/aromatic N) is 1. The molecule has 0 fully saturated rings. The number of sulfonamides is 1. The average molecular weight is 514 g/mol. The van der Waals surface area contributed by atoms with Crippen LogP contribution in [0.1, 0.15) is 20.3 Å². The zero-order valence-corrected chi connectivity index (χ0v) is 19.5. The van der Waals surface area contributed by atoms with E-state index in [4.69, 9.17) is 9.47 Å². The van der Waals surface area contributed by atoms with Crippen LogP contribution in [0.25, 0.3) is 0 Å². The molecular formula is C17H31IN4O4S. The van der Waals surface area contributed by atoms with Gasteiger partial charge in [0, 0.05) is 25.7 Å². The van der Waals surface area contributed by atoms with Crippen molar-refractivity contribution in [3.63, 3.8) is 0 Å². The summed E-state index contributed by atoms with van der Waals surface area (Å²) in [6.07, 6.45) is 1.70. The van der Waals surface area contributed by atoms with Crippen LogP contribution in [0.3, 0.4) is 0 Å². The molecule has 1 aromatic carbocycles. The summed E-state index contributed by atoms with van der Waals surface area (Å²) in [7, 11) is -1.52. The van der Waals surface area contributed by atoms with Crippen LogP contribution < -0.4 is 24.8 Å². The number of halogens is 1. The van der Waals surface area contributed by atoms with Gasteiger partial charge in [-0.2, -0.15) is 0 Å². The quantitative estimate of drug-likeness (QED) is 0.180. The van der Waals surface area contributed by atoms with Crippen LogP contribution in [0, 0.1) is 0 Å². The first-order valence-corrected chi connectivity index (χ1v) is 10.5. The summed E-state index contributed by atoms with van der Waals surface area (Å²) in [5.74, 6) is 2.15. The Morgan fingerprint density at radius 2 is 1.93 bits per heavy atom. The second-order valence-electron chi connectivity index (χ2n) is 5.77. The van der Waals surface area contributed by atoms with E-state index in [9.17, 15) is 8.42 Å². The van der Waals surface area contributed by atoms with E-state index in [1.54, 1.807) is 7.11 Å². The fraction of sp³-hybridized carbons (Fsp3) is 0.588. The molecule has 0 spiro atoms. The van der Waals surface area contributed by atoms with Crippen molar-refractivity contribution in [3.05, 3.63) is 24.3 Å². The summed E-state index contributed by atoms with van der Waals surface area (Å²) < 4.78 is 35.5. The lowest BCUT2D eigenvalue weighted by atomic mass is 10.3. The van der Waals surface area contributed by atoms with Gasteiger partial charge in [0.2, 0.25) is 10.0 Å². The van der Waals surface area contributed by atoms with Crippen molar-refractivity contribution in [2.24, 2.45) is 4.99 Å². The molecule has 156 valence electrons. The number of aliphatic imine (C=N–C) groups is 1. The Morgan fingerprint density at radius 1 is 1.22 bits per heavy atom. The van der Waals surface area contributed by atoms with E-state index in [2.05, 4.69) is 20.3 Å². The van der Waals surface area contributed by atoms with Gasteiger partial charge in [0.05, 0.1) is 19.9 Å². The number of methoxy groups -OCH3 is 1. The lowest BCUT2D eigenvalue weighted by molar-refractivity contribution is 0.229. The van der Waals surface area contributed by atoms with Crippen molar-refractivity contribution >= 4 is 40.0 Å². The van der Waals surface area contributed by atoms with Gasteiger partial charge < -0.3 is 20.1 Å². The molecule has 0 saturated carbocycles. The van der Waals surface area contributed by atoms with Crippen LogP contribution in [0.15, 0.2) is 29.3 Å². The Morgan fingerprint density at radius 3 is 2.56 bits per heavy atom. The van der Waals surface area contributed by atoms with Crippen molar-refractivity contribution in [1.29, 1.82) is 0 Å².